The molecule has 0 radical (unpaired) electrons. The number of pyridine rings is 1. The van der Waals surface area contributed by atoms with E-state index in [9.17, 15) is 9.18 Å². The predicted molar refractivity (Wildman–Crippen MR) is 76.1 cm³/mol. The van der Waals surface area contributed by atoms with E-state index in [0.29, 0.717) is 11.8 Å². The number of ether oxygens (including phenoxy) is 1. The molecule has 116 valence electrons. The molecule has 0 aliphatic heterocycles. The van der Waals surface area contributed by atoms with Crippen LogP contribution in [-0.4, -0.2) is 47.0 Å². The van der Waals surface area contributed by atoms with Gasteiger partial charge in [-0.1, -0.05) is 0 Å². The smallest absolute Gasteiger partial charge is 0.321 e. The number of amides is 1. The molecular weight excluding hydrogens is 291 g/mol. The van der Waals surface area contributed by atoms with Gasteiger partial charge in [0.25, 0.3) is 5.91 Å². The summed E-state index contributed by atoms with van der Waals surface area (Å²) in [7, 11) is 4.97. The summed E-state index contributed by atoms with van der Waals surface area (Å²) in [6.07, 6.45) is 2.32. The molecule has 22 heavy (non-hydrogen) atoms. The van der Waals surface area contributed by atoms with Crippen molar-refractivity contribution in [3.8, 4) is 6.01 Å². The maximum Gasteiger partial charge on any atom is 0.321 e. The first-order valence-electron chi connectivity index (χ1n) is 6.35. The average Bonchev–Trinajstić information content (AvgIpc) is 2.52. The lowest BCUT2D eigenvalue weighted by Crippen LogP contribution is -2.26. The maximum atomic E-state index is 13.5. The summed E-state index contributed by atoms with van der Waals surface area (Å²) >= 11 is 0. The largest absolute Gasteiger partial charge is 0.467 e. The van der Waals surface area contributed by atoms with Crippen molar-refractivity contribution >= 4 is 11.9 Å². The van der Waals surface area contributed by atoms with Crippen molar-refractivity contribution in [2.45, 2.75) is 6.54 Å². The zero-order chi connectivity index (χ0) is 16.1. The third-order valence-corrected chi connectivity index (χ3v) is 2.66. The summed E-state index contributed by atoms with van der Waals surface area (Å²) in [4.78, 5) is 29.4. The topological polar surface area (TPSA) is 93.1 Å². The fourth-order valence-electron chi connectivity index (χ4n) is 1.57. The van der Waals surface area contributed by atoms with Gasteiger partial charge in [0.1, 0.15) is 0 Å². The molecule has 0 spiro atoms. The van der Waals surface area contributed by atoms with Crippen molar-refractivity contribution in [3.63, 3.8) is 0 Å². The first-order valence-corrected chi connectivity index (χ1v) is 6.35. The van der Waals surface area contributed by atoms with Crippen LogP contribution in [0.2, 0.25) is 0 Å². The van der Waals surface area contributed by atoms with Gasteiger partial charge in [-0.2, -0.15) is 15.0 Å². The first-order chi connectivity index (χ1) is 10.5. The minimum atomic E-state index is -0.692. The highest BCUT2D eigenvalue weighted by Gasteiger charge is 2.13. The minimum absolute atomic E-state index is 0.0142. The highest BCUT2D eigenvalue weighted by atomic mass is 19.1. The Morgan fingerprint density at radius 1 is 1.36 bits per heavy atom. The number of halogens is 1. The Labute approximate surface area is 126 Å². The fourth-order valence-corrected chi connectivity index (χ4v) is 1.57. The van der Waals surface area contributed by atoms with Crippen LogP contribution in [0.4, 0.5) is 10.3 Å². The van der Waals surface area contributed by atoms with Gasteiger partial charge in [0.05, 0.1) is 25.4 Å². The standard InChI is InChI=1S/C13H15FN6O2/c1-20(2)12-17-10(18-13(19-12)22-3)7-16-11(21)8-4-5-15-6-9(8)14/h4-6H,7H2,1-3H3,(H,16,21). The van der Waals surface area contributed by atoms with Crippen molar-refractivity contribution in [3.05, 3.63) is 35.7 Å². The number of nitrogens with one attached hydrogen (secondary N) is 1. The number of nitrogens with zero attached hydrogens (tertiary/aromatic N) is 5. The third-order valence-electron chi connectivity index (χ3n) is 2.66. The second-order valence-corrected chi connectivity index (χ2v) is 4.47. The Hall–Kier alpha value is -2.84. The van der Waals surface area contributed by atoms with Gasteiger partial charge in [0.15, 0.2) is 11.6 Å². The molecule has 0 atom stereocenters. The molecule has 0 fully saturated rings. The van der Waals surface area contributed by atoms with E-state index in [1.807, 2.05) is 0 Å². The van der Waals surface area contributed by atoms with E-state index in [-0.39, 0.29) is 18.1 Å². The molecule has 0 aliphatic carbocycles. The van der Waals surface area contributed by atoms with Crippen molar-refractivity contribution in [1.82, 2.24) is 25.3 Å². The van der Waals surface area contributed by atoms with E-state index in [0.717, 1.165) is 6.20 Å². The number of methoxy groups -OCH3 is 1. The van der Waals surface area contributed by atoms with Gasteiger partial charge in [-0.05, 0) is 6.07 Å². The lowest BCUT2D eigenvalue weighted by molar-refractivity contribution is 0.0945. The summed E-state index contributed by atoms with van der Waals surface area (Å²) in [5.41, 5.74) is -0.0937. The number of hydrogen-bond donors (Lipinski definition) is 1. The molecule has 9 heteroatoms. The Morgan fingerprint density at radius 2 is 2.14 bits per heavy atom. The van der Waals surface area contributed by atoms with Crippen LogP contribution in [0.5, 0.6) is 6.01 Å². The van der Waals surface area contributed by atoms with Crippen LogP contribution in [0.25, 0.3) is 0 Å². The van der Waals surface area contributed by atoms with E-state index in [1.54, 1.807) is 19.0 Å². The molecule has 8 nitrogen and oxygen atoms in total. The summed E-state index contributed by atoms with van der Waals surface area (Å²) < 4.78 is 18.4. The Kier molecular flexibility index (Phi) is 4.77. The van der Waals surface area contributed by atoms with Crippen molar-refractivity contribution < 1.29 is 13.9 Å². The quantitative estimate of drug-likeness (QED) is 0.855. The van der Waals surface area contributed by atoms with Crippen molar-refractivity contribution in [2.24, 2.45) is 0 Å². The number of carbonyl (C=O) groups is 1. The zero-order valence-electron chi connectivity index (χ0n) is 12.4. The van der Waals surface area contributed by atoms with Gasteiger partial charge in [-0.3, -0.25) is 9.78 Å². The van der Waals surface area contributed by atoms with Gasteiger partial charge >= 0.3 is 6.01 Å². The molecule has 1 amide bonds. The SMILES string of the molecule is COc1nc(CNC(=O)c2ccncc2F)nc(N(C)C)n1. The Bertz CT molecular complexity index is 679. The molecule has 0 saturated heterocycles. The average molecular weight is 306 g/mol. The molecule has 0 unspecified atom stereocenters. The van der Waals surface area contributed by atoms with E-state index in [4.69, 9.17) is 4.74 Å². The molecular formula is C13H15FN6O2. The molecule has 2 aromatic heterocycles. The molecule has 1 N–H and O–H groups in total. The Balaban J connectivity index is 2.13. The van der Waals surface area contributed by atoms with Gasteiger partial charge in [-0.25, -0.2) is 4.39 Å². The van der Waals surface area contributed by atoms with Crippen LogP contribution >= 0.6 is 0 Å². The fraction of sp³-hybridized carbons (Fsp3) is 0.308. The Morgan fingerprint density at radius 3 is 2.77 bits per heavy atom. The lowest BCUT2D eigenvalue weighted by Gasteiger charge is -2.12. The van der Waals surface area contributed by atoms with Crippen molar-refractivity contribution in [1.29, 1.82) is 0 Å². The number of carbonyl (C=O) groups excluding carboxylic acids is 1. The van der Waals surface area contributed by atoms with Gasteiger partial charge in [0.2, 0.25) is 5.95 Å². The van der Waals surface area contributed by atoms with Gasteiger partial charge in [0, 0.05) is 20.3 Å². The monoisotopic (exact) mass is 306 g/mol. The van der Waals surface area contributed by atoms with E-state index in [1.165, 1.54) is 19.4 Å². The first kappa shape index (κ1) is 15.5. The number of rotatable bonds is 5. The second-order valence-electron chi connectivity index (χ2n) is 4.47. The molecule has 0 aromatic carbocycles. The molecule has 0 aliphatic rings. The van der Waals surface area contributed by atoms with E-state index in [2.05, 4.69) is 25.3 Å². The number of aromatic nitrogens is 4. The number of anilines is 1. The van der Waals surface area contributed by atoms with Crippen LogP contribution in [0, 0.1) is 5.82 Å². The molecule has 2 aromatic rings. The summed E-state index contributed by atoms with van der Waals surface area (Å²) in [6, 6.07) is 1.43. The highest BCUT2D eigenvalue weighted by Crippen LogP contribution is 2.10. The molecule has 2 rings (SSSR count). The maximum absolute atomic E-state index is 13.5. The van der Waals surface area contributed by atoms with E-state index < -0.39 is 11.7 Å². The summed E-state index contributed by atoms with van der Waals surface area (Å²) in [5.74, 6) is -0.572. The lowest BCUT2D eigenvalue weighted by atomic mass is 10.2. The highest BCUT2D eigenvalue weighted by molar-refractivity contribution is 5.94. The summed E-state index contributed by atoms with van der Waals surface area (Å²) in [6.45, 7) is 0.0142. The third kappa shape index (κ3) is 3.62. The second kappa shape index (κ2) is 6.74. The molecule has 0 bridgehead atoms. The van der Waals surface area contributed by atoms with Gasteiger partial charge in [-0.15, -0.1) is 0 Å². The van der Waals surface area contributed by atoms with Gasteiger partial charge < -0.3 is 15.0 Å². The van der Waals surface area contributed by atoms with Crippen LogP contribution in [0.3, 0.4) is 0 Å². The van der Waals surface area contributed by atoms with E-state index >= 15 is 0 Å². The normalized spacial score (nSPS) is 10.2. The van der Waals surface area contributed by atoms with Crippen molar-refractivity contribution in [2.75, 3.05) is 26.1 Å². The van der Waals surface area contributed by atoms with Crippen LogP contribution < -0.4 is 15.0 Å². The minimum Gasteiger partial charge on any atom is -0.467 e. The molecule has 2 heterocycles. The predicted octanol–water partition coefficient (Wildman–Crippen LogP) is 0.410. The van der Waals surface area contributed by atoms with Crippen LogP contribution in [-0.2, 0) is 6.54 Å². The zero-order valence-corrected chi connectivity index (χ0v) is 12.4. The molecule has 0 saturated carbocycles. The summed E-state index contributed by atoms with van der Waals surface area (Å²) in [5, 5.41) is 2.54. The van der Waals surface area contributed by atoms with Crippen LogP contribution in [0.1, 0.15) is 16.2 Å². The number of hydrogen-bond acceptors (Lipinski definition) is 7. The van der Waals surface area contributed by atoms with Crippen LogP contribution in [0.15, 0.2) is 18.5 Å².